The summed E-state index contributed by atoms with van der Waals surface area (Å²) in [6, 6.07) is 8.88. The van der Waals surface area contributed by atoms with Gasteiger partial charge in [0, 0.05) is 17.3 Å². The predicted molar refractivity (Wildman–Crippen MR) is 89.4 cm³/mol. The molecule has 0 bridgehead atoms. The van der Waals surface area contributed by atoms with Gasteiger partial charge in [-0.3, -0.25) is 0 Å². The van der Waals surface area contributed by atoms with Gasteiger partial charge in [0.15, 0.2) is 0 Å². The maximum Gasteiger partial charge on any atom is 0.0649 e. The summed E-state index contributed by atoms with van der Waals surface area (Å²) in [4.78, 5) is 0. The molecule has 0 saturated heterocycles. The number of nitrogens with two attached hydrogens (primary N) is 1. The molecule has 0 aliphatic heterocycles. The van der Waals surface area contributed by atoms with Crippen LogP contribution in [0.25, 0.3) is 5.69 Å². The van der Waals surface area contributed by atoms with E-state index in [1.807, 2.05) is 6.20 Å². The van der Waals surface area contributed by atoms with Crippen molar-refractivity contribution < 1.29 is 0 Å². The molecule has 0 amide bonds. The minimum absolute atomic E-state index is 0. The van der Waals surface area contributed by atoms with Gasteiger partial charge in [-0.05, 0) is 42.4 Å². The minimum Gasteiger partial charge on any atom is -0.324 e. The lowest BCUT2D eigenvalue weighted by Gasteiger charge is -2.21. The zero-order valence-electron chi connectivity index (χ0n) is 13.0. The number of nitrogens with zero attached hydrogens (tertiary/aromatic N) is 2. The maximum atomic E-state index is 6.17. The Morgan fingerprint density at radius 3 is 2.48 bits per heavy atom. The third-order valence-corrected chi connectivity index (χ3v) is 4.21. The van der Waals surface area contributed by atoms with Crippen molar-refractivity contribution in [2.75, 3.05) is 0 Å². The Labute approximate surface area is 133 Å². The van der Waals surface area contributed by atoms with E-state index >= 15 is 0 Å². The molecule has 21 heavy (non-hydrogen) atoms. The zero-order valence-corrected chi connectivity index (χ0v) is 13.8. The second kappa shape index (κ2) is 5.82. The van der Waals surface area contributed by atoms with E-state index in [-0.39, 0.29) is 23.9 Å². The van der Waals surface area contributed by atoms with Gasteiger partial charge in [0.05, 0.1) is 11.9 Å². The summed E-state index contributed by atoms with van der Waals surface area (Å²) in [5.41, 5.74) is 11.3. The first-order chi connectivity index (χ1) is 9.47. The van der Waals surface area contributed by atoms with E-state index in [0.29, 0.717) is 0 Å². The summed E-state index contributed by atoms with van der Waals surface area (Å²) < 4.78 is 2.06. The van der Waals surface area contributed by atoms with Gasteiger partial charge >= 0.3 is 0 Å². The van der Waals surface area contributed by atoms with Gasteiger partial charge in [-0.2, -0.15) is 5.10 Å². The first-order valence-electron chi connectivity index (χ1n) is 7.40. The highest BCUT2D eigenvalue weighted by Gasteiger charge is 2.22. The summed E-state index contributed by atoms with van der Waals surface area (Å²) in [5, 5.41) is 4.55. The van der Waals surface area contributed by atoms with Crippen LogP contribution in [-0.4, -0.2) is 9.78 Å². The molecule has 1 heterocycles. The van der Waals surface area contributed by atoms with Crippen molar-refractivity contribution in [2.45, 2.75) is 51.5 Å². The Kier molecular flexibility index (Phi) is 4.45. The third kappa shape index (κ3) is 2.99. The molecule has 0 spiro atoms. The third-order valence-electron chi connectivity index (χ3n) is 4.21. The second-order valence-electron chi connectivity index (χ2n) is 6.75. The van der Waals surface area contributed by atoms with Gasteiger partial charge in [0.2, 0.25) is 0 Å². The van der Waals surface area contributed by atoms with Crippen LogP contribution in [0.1, 0.15) is 56.5 Å². The molecular formula is C17H24ClN3. The first kappa shape index (κ1) is 16.1. The lowest BCUT2D eigenvalue weighted by Crippen LogP contribution is -2.18. The number of rotatable bonds is 1. The van der Waals surface area contributed by atoms with Gasteiger partial charge in [-0.25, -0.2) is 4.68 Å². The Hall–Kier alpha value is -1.32. The molecule has 1 atom stereocenters. The van der Waals surface area contributed by atoms with Crippen LogP contribution in [0.4, 0.5) is 0 Å². The molecule has 0 radical (unpaired) electrons. The van der Waals surface area contributed by atoms with E-state index in [4.69, 9.17) is 5.73 Å². The van der Waals surface area contributed by atoms with Gasteiger partial charge in [-0.1, -0.05) is 32.9 Å². The fourth-order valence-electron chi connectivity index (χ4n) is 2.92. The van der Waals surface area contributed by atoms with Gasteiger partial charge < -0.3 is 5.73 Å². The van der Waals surface area contributed by atoms with Crippen LogP contribution < -0.4 is 5.73 Å². The average Bonchev–Trinajstić information content (AvgIpc) is 2.83. The molecule has 3 nitrogen and oxygen atoms in total. The van der Waals surface area contributed by atoms with Crippen LogP contribution in [0, 0.1) is 0 Å². The molecule has 4 heteroatoms. The molecular weight excluding hydrogens is 282 g/mol. The highest BCUT2D eigenvalue weighted by molar-refractivity contribution is 5.85. The van der Waals surface area contributed by atoms with Crippen LogP contribution in [0.15, 0.2) is 30.5 Å². The van der Waals surface area contributed by atoms with E-state index in [9.17, 15) is 0 Å². The van der Waals surface area contributed by atoms with Crippen LogP contribution in [-0.2, 0) is 11.8 Å². The highest BCUT2D eigenvalue weighted by atomic mass is 35.5. The fraction of sp³-hybridized carbons (Fsp3) is 0.471. The van der Waals surface area contributed by atoms with Crippen molar-refractivity contribution in [1.29, 1.82) is 0 Å². The number of hydrogen-bond donors (Lipinski definition) is 1. The van der Waals surface area contributed by atoms with Crippen LogP contribution in [0.5, 0.6) is 0 Å². The Balaban J connectivity index is 0.00000161. The SMILES string of the molecule is CC(C)(C)c1ccc(-n2ncc3c2CCCC3N)cc1.Cl. The maximum absolute atomic E-state index is 6.17. The van der Waals surface area contributed by atoms with E-state index in [2.05, 4.69) is 54.8 Å². The topological polar surface area (TPSA) is 43.8 Å². The molecule has 1 unspecified atom stereocenters. The first-order valence-corrected chi connectivity index (χ1v) is 7.40. The van der Waals surface area contributed by atoms with Gasteiger partial charge in [0.25, 0.3) is 0 Å². The van der Waals surface area contributed by atoms with E-state index in [1.54, 1.807) is 0 Å². The van der Waals surface area contributed by atoms with Crippen LogP contribution in [0.3, 0.4) is 0 Å². The molecule has 114 valence electrons. The fourth-order valence-corrected chi connectivity index (χ4v) is 2.92. The Morgan fingerprint density at radius 1 is 1.19 bits per heavy atom. The normalized spacial score (nSPS) is 18.0. The van der Waals surface area contributed by atoms with E-state index in [1.165, 1.54) is 16.8 Å². The summed E-state index contributed by atoms with van der Waals surface area (Å²) >= 11 is 0. The summed E-state index contributed by atoms with van der Waals surface area (Å²) in [6.45, 7) is 6.70. The van der Waals surface area contributed by atoms with Crippen LogP contribution in [0.2, 0.25) is 0 Å². The van der Waals surface area contributed by atoms with E-state index in [0.717, 1.165) is 24.9 Å². The largest absolute Gasteiger partial charge is 0.324 e. The van der Waals surface area contributed by atoms with Crippen molar-refractivity contribution in [2.24, 2.45) is 5.73 Å². The van der Waals surface area contributed by atoms with Crippen molar-refractivity contribution in [1.82, 2.24) is 9.78 Å². The number of halogens is 1. The Morgan fingerprint density at radius 2 is 1.86 bits per heavy atom. The molecule has 1 aliphatic carbocycles. The Bertz CT molecular complexity index is 608. The average molecular weight is 306 g/mol. The van der Waals surface area contributed by atoms with Crippen molar-refractivity contribution in [3.05, 3.63) is 47.3 Å². The highest BCUT2D eigenvalue weighted by Crippen LogP contribution is 2.30. The lowest BCUT2D eigenvalue weighted by molar-refractivity contribution is 0.557. The van der Waals surface area contributed by atoms with Gasteiger partial charge in [-0.15, -0.1) is 12.4 Å². The molecule has 1 aliphatic rings. The van der Waals surface area contributed by atoms with E-state index < -0.39 is 0 Å². The zero-order chi connectivity index (χ0) is 14.3. The van der Waals surface area contributed by atoms with Crippen molar-refractivity contribution in [3.63, 3.8) is 0 Å². The number of fused-ring (bicyclic) bond motifs is 1. The molecule has 0 fully saturated rings. The molecule has 1 aromatic carbocycles. The monoisotopic (exact) mass is 305 g/mol. The number of benzene rings is 1. The van der Waals surface area contributed by atoms with Gasteiger partial charge in [0.1, 0.15) is 0 Å². The molecule has 1 aromatic heterocycles. The predicted octanol–water partition coefficient (Wildman–Crippen LogP) is 3.93. The molecule has 2 N–H and O–H groups in total. The quantitative estimate of drug-likeness (QED) is 0.867. The standard InChI is InChI=1S/C17H23N3.ClH/c1-17(2,3)12-7-9-13(10-8-12)20-16-6-4-5-15(18)14(16)11-19-20;/h7-11,15H,4-6,18H2,1-3H3;1H. The minimum atomic E-state index is 0. The molecule has 3 rings (SSSR count). The van der Waals surface area contributed by atoms with Crippen molar-refractivity contribution in [3.8, 4) is 5.69 Å². The summed E-state index contributed by atoms with van der Waals surface area (Å²) in [6.07, 6.45) is 5.24. The second-order valence-corrected chi connectivity index (χ2v) is 6.75. The smallest absolute Gasteiger partial charge is 0.0649 e. The molecule has 2 aromatic rings. The van der Waals surface area contributed by atoms with Crippen LogP contribution >= 0.6 is 12.4 Å². The van der Waals surface area contributed by atoms with Crippen molar-refractivity contribution >= 4 is 12.4 Å². The number of hydrogen-bond acceptors (Lipinski definition) is 2. The summed E-state index contributed by atoms with van der Waals surface area (Å²) in [7, 11) is 0. The summed E-state index contributed by atoms with van der Waals surface area (Å²) in [5.74, 6) is 0. The lowest BCUT2D eigenvalue weighted by atomic mass is 9.87. The molecule has 0 saturated carbocycles. The number of aromatic nitrogens is 2.